The van der Waals surface area contributed by atoms with Gasteiger partial charge in [-0.15, -0.1) is 0 Å². The van der Waals surface area contributed by atoms with Gasteiger partial charge in [-0.1, -0.05) is 30.3 Å². The summed E-state index contributed by atoms with van der Waals surface area (Å²) in [5, 5.41) is 13.3. The Morgan fingerprint density at radius 1 is 1.26 bits per heavy atom. The van der Waals surface area contributed by atoms with Crippen molar-refractivity contribution in [2.24, 2.45) is 0 Å². The van der Waals surface area contributed by atoms with Gasteiger partial charge in [0.05, 0.1) is 11.5 Å². The van der Waals surface area contributed by atoms with E-state index >= 15 is 0 Å². The van der Waals surface area contributed by atoms with Crippen molar-refractivity contribution in [1.29, 1.82) is 5.26 Å². The number of hydrogen-bond donors (Lipinski definition) is 2. The fraction of sp³-hybridized carbons (Fsp3) is 0.476. The molecule has 0 aliphatic heterocycles. The van der Waals surface area contributed by atoms with E-state index in [-0.39, 0.29) is 16.7 Å². The highest BCUT2D eigenvalue weighted by Gasteiger charge is 2.36. The van der Waals surface area contributed by atoms with Crippen molar-refractivity contribution in [3.63, 3.8) is 0 Å². The SMILES string of the molecule is Cc1c[nH]c(=O)n(CCCNC2CCC(C#N)(c3ccccc3)CC2)c1=O. The Balaban J connectivity index is 1.49. The average Bonchev–Trinajstić information content (AvgIpc) is 2.71. The molecular weight excluding hydrogens is 340 g/mol. The first-order valence-electron chi connectivity index (χ1n) is 9.55. The Morgan fingerprint density at radius 2 is 1.96 bits per heavy atom. The van der Waals surface area contributed by atoms with Gasteiger partial charge in [0.1, 0.15) is 0 Å². The maximum absolute atomic E-state index is 12.0. The molecular formula is C21H26N4O2. The van der Waals surface area contributed by atoms with E-state index in [4.69, 9.17) is 0 Å². The zero-order valence-electron chi connectivity index (χ0n) is 15.7. The van der Waals surface area contributed by atoms with Crippen molar-refractivity contribution in [3.8, 4) is 6.07 Å². The fourth-order valence-electron chi connectivity index (χ4n) is 3.90. The smallest absolute Gasteiger partial charge is 0.314 e. The number of aryl methyl sites for hydroxylation is 1. The van der Waals surface area contributed by atoms with Gasteiger partial charge in [0.25, 0.3) is 5.56 Å². The molecule has 0 unspecified atom stereocenters. The lowest BCUT2D eigenvalue weighted by atomic mass is 9.69. The third-order valence-corrected chi connectivity index (χ3v) is 5.61. The van der Waals surface area contributed by atoms with Crippen LogP contribution in [0.15, 0.2) is 46.1 Å². The molecule has 0 saturated heterocycles. The van der Waals surface area contributed by atoms with Gasteiger partial charge < -0.3 is 10.3 Å². The monoisotopic (exact) mass is 366 g/mol. The number of aromatic nitrogens is 2. The average molecular weight is 366 g/mol. The molecule has 1 aliphatic carbocycles. The summed E-state index contributed by atoms with van der Waals surface area (Å²) >= 11 is 0. The van der Waals surface area contributed by atoms with Gasteiger partial charge in [-0.25, -0.2) is 4.79 Å². The quantitative estimate of drug-likeness (QED) is 0.767. The van der Waals surface area contributed by atoms with Crippen LogP contribution in [-0.4, -0.2) is 22.1 Å². The molecule has 1 aromatic heterocycles. The maximum atomic E-state index is 12.0. The van der Waals surface area contributed by atoms with Gasteiger partial charge in [-0.2, -0.15) is 5.26 Å². The van der Waals surface area contributed by atoms with Gasteiger partial charge in [0, 0.05) is 24.3 Å². The van der Waals surface area contributed by atoms with Crippen molar-refractivity contribution in [1.82, 2.24) is 14.9 Å². The Hall–Kier alpha value is -2.65. The van der Waals surface area contributed by atoms with Crippen LogP contribution in [0.1, 0.15) is 43.2 Å². The number of rotatable bonds is 6. The molecule has 6 heteroatoms. The molecule has 3 rings (SSSR count). The van der Waals surface area contributed by atoms with Crippen LogP contribution in [0.2, 0.25) is 0 Å². The van der Waals surface area contributed by atoms with E-state index < -0.39 is 0 Å². The lowest BCUT2D eigenvalue weighted by molar-refractivity contribution is 0.294. The number of hydrogen-bond acceptors (Lipinski definition) is 4. The number of nitrogens with zero attached hydrogens (tertiary/aromatic N) is 2. The molecule has 0 atom stereocenters. The highest BCUT2D eigenvalue weighted by Crippen LogP contribution is 2.38. The second-order valence-electron chi connectivity index (χ2n) is 7.38. The van der Waals surface area contributed by atoms with E-state index in [1.165, 1.54) is 10.8 Å². The first-order valence-corrected chi connectivity index (χ1v) is 9.55. The standard InChI is InChI=1S/C21H26N4O2/c1-16-14-24-20(27)25(19(16)26)13-5-12-23-18-8-10-21(15-22,11-9-18)17-6-3-2-4-7-17/h2-4,6-7,14,18,23H,5,8-13H2,1H3,(H,24,27). The highest BCUT2D eigenvalue weighted by atomic mass is 16.2. The summed E-state index contributed by atoms with van der Waals surface area (Å²) < 4.78 is 1.26. The second-order valence-corrected chi connectivity index (χ2v) is 7.38. The Morgan fingerprint density at radius 3 is 2.63 bits per heavy atom. The van der Waals surface area contributed by atoms with Crippen LogP contribution in [-0.2, 0) is 12.0 Å². The van der Waals surface area contributed by atoms with Crippen LogP contribution in [0.3, 0.4) is 0 Å². The number of nitrogens with one attached hydrogen (secondary N) is 2. The first kappa shape index (κ1) is 19.1. The van der Waals surface area contributed by atoms with Gasteiger partial charge in [0.15, 0.2) is 0 Å². The van der Waals surface area contributed by atoms with Crippen molar-refractivity contribution in [2.45, 2.75) is 57.0 Å². The second kappa shape index (κ2) is 8.36. The molecule has 1 heterocycles. The molecule has 1 aromatic carbocycles. The summed E-state index contributed by atoms with van der Waals surface area (Å²) in [4.78, 5) is 26.4. The van der Waals surface area contributed by atoms with E-state index in [9.17, 15) is 14.9 Å². The topological polar surface area (TPSA) is 90.7 Å². The van der Waals surface area contributed by atoms with E-state index in [0.29, 0.717) is 24.6 Å². The van der Waals surface area contributed by atoms with Crippen molar-refractivity contribution < 1.29 is 0 Å². The molecule has 1 fully saturated rings. The lowest BCUT2D eigenvalue weighted by Crippen LogP contribution is -2.40. The molecule has 142 valence electrons. The van der Waals surface area contributed by atoms with Gasteiger partial charge >= 0.3 is 5.69 Å². The first-order chi connectivity index (χ1) is 13.1. The van der Waals surface area contributed by atoms with E-state index in [1.807, 2.05) is 30.3 Å². The summed E-state index contributed by atoms with van der Waals surface area (Å²) in [6.07, 6.45) is 5.77. The Labute approximate surface area is 158 Å². The zero-order valence-corrected chi connectivity index (χ0v) is 15.7. The lowest BCUT2D eigenvalue weighted by Gasteiger charge is -2.35. The normalized spacial score (nSPS) is 22.3. The number of H-pyrrole nitrogens is 1. The van der Waals surface area contributed by atoms with Crippen LogP contribution < -0.4 is 16.6 Å². The molecule has 1 saturated carbocycles. The number of nitriles is 1. The van der Waals surface area contributed by atoms with Crippen molar-refractivity contribution >= 4 is 0 Å². The van der Waals surface area contributed by atoms with Crippen LogP contribution in [0.25, 0.3) is 0 Å². The molecule has 0 amide bonds. The minimum atomic E-state index is -0.373. The van der Waals surface area contributed by atoms with E-state index in [1.54, 1.807) is 6.92 Å². The molecule has 2 aromatic rings. The van der Waals surface area contributed by atoms with Crippen LogP contribution in [0, 0.1) is 18.3 Å². The van der Waals surface area contributed by atoms with Gasteiger partial charge in [-0.3, -0.25) is 9.36 Å². The highest BCUT2D eigenvalue weighted by molar-refractivity contribution is 5.33. The molecule has 0 bridgehead atoms. The predicted octanol–water partition coefficient (Wildman–Crippen LogP) is 2.23. The summed E-state index contributed by atoms with van der Waals surface area (Å²) in [5.74, 6) is 0. The minimum Gasteiger partial charge on any atom is -0.314 e. The Bertz CT molecular complexity index is 916. The Kier molecular flexibility index (Phi) is 5.92. The molecule has 0 radical (unpaired) electrons. The van der Waals surface area contributed by atoms with Gasteiger partial charge in [-0.05, 0) is 51.1 Å². The van der Waals surface area contributed by atoms with Crippen LogP contribution >= 0.6 is 0 Å². The number of benzene rings is 1. The predicted molar refractivity (Wildman–Crippen MR) is 105 cm³/mol. The maximum Gasteiger partial charge on any atom is 0.328 e. The van der Waals surface area contributed by atoms with Crippen molar-refractivity contribution in [3.05, 3.63) is 68.5 Å². The van der Waals surface area contributed by atoms with Crippen LogP contribution in [0.4, 0.5) is 0 Å². The van der Waals surface area contributed by atoms with E-state index in [2.05, 4.69) is 16.4 Å². The summed E-state index contributed by atoms with van der Waals surface area (Å²) in [6, 6.07) is 13.0. The zero-order chi connectivity index (χ0) is 19.3. The van der Waals surface area contributed by atoms with Crippen LogP contribution in [0.5, 0.6) is 0 Å². The summed E-state index contributed by atoms with van der Waals surface area (Å²) in [7, 11) is 0. The molecule has 0 spiro atoms. The summed E-state index contributed by atoms with van der Waals surface area (Å²) in [5.41, 5.74) is 0.706. The molecule has 2 N–H and O–H groups in total. The van der Waals surface area contributed by atoms with Gasteiger partial charge in [0.2, 0.25) is 0 Å². The van der Waals surface area contributed by atoms with E-state index in [0.717, 1.165) is 37.8 Å². The fourth-order valence-corrected chi connectivity index (χ4v) is 3.90. The molecule has 1 aliphatic rings. The minimum absolute atomic E-state index is 0.224. The third kappa shape index (κ3) is 4.20. The molecule has 6 nitrogen and oxygen atoms in total. The largest absolute Gasteiger partial charge is 0.328 e. The molecule has 27 heavy (non-hydrogen) atoms. The summed E-state index contributed by atoms with van der Waals surface area (Å²) in [6.45, 7) is 2.85. The third-order valence-electron chi connectivity index (χ3n) is 5.61. The van der Waals surface area contributed by atoms with Crippen molar-refractivity contribution in [2.75, 3.05) is 6.54 Å². The number of aromatic amines is 1.